The molecule has 1 atom stereocenters. The van der Waals surface area contributed by atoms with Gasteiger partial charge in [-0.05, 0) is 35.7 Å². The van der Waals surface area contributed by atoms with Crippen LogP contribution >= 0.6 is 0 Å². The van der Waals surface area contributed by atoms with Gasteiger partial charge >= 0.3 is 0 Å². The summed E-state index contributed by atoms with van der Waals surface area (Å²) in [5.41, 5.74) is 1.13. The highest BCUT2D eigenvalue weighted by atomic mass is 16.5. The van der Waals surface area contributed by atoms with Crippen molar-refractivity contribution in [3.8, 4) is 11.5 Å². The fourth-order valence-electron chi connectivity index (χ4n) is 4.07. The predicted octanol–water partition coefficient (Wildman–Crippen LogP) is 1.44. The molecular weight excluding hydrogens is 340 g/mol. The first-order valence-electron chi connectivity index (χ1n) is 9.79. The van der Waals surface area contributed by atoms with Crippen molar-refractivity contribution in [2.45, 2.75) is 25.5 Å². The second-order valence-corrected chi connectivity index (χ2v) is 7.50. The highest BCUT2D eigenvalue weighted by molar-refractivity contribution is 5.77. The minimum atomic E-state index is -0.0300. The Morgan fingerprint density at radius 3 is 2.26 bits per heavy atom. The van der Waals surface area contributed by atoms with Crippen LogP contribution in [0.15, 0.2) is 54.6 Å². The van der Waals surface area contributed by atoms with Crippen molar-refractivity contribution in [3.05, 3.63) is 60.2 Å². The monoisotopic (exact) mass is 367 g/mol. The van der Waals surface area contributed by atoms with Gasteiger partial charge in [-0.3, -0.25) is 4.79 Å². The van der Waals surface area contributed by atoms with Gasteiger partial charge in [-0.2, -0.15) is 0 Å². The molecule has 2 bridgehead atoms. The summed E-state index contributed by atoms with van der Waals surface area (Å²) in [7, 11) is 0. The maximum absolute atomic E-state index is 12.2. The molecule has 5 rings (SSSR count). The zero-order valence-electron chi connectivity index (χ0n) is 15.5. The molecule has 142 valence electrons. The molecule has 0 unspecified atom stereocenters. The lowest BCUT2D eigenvalue weighted by atomic mass is 9.84. The molecule has 1 amide bonds. The number of hydrogen-bond donors (Lipinski definition) is 2. The van der Waals surface area contributed by atoms with Crippen LogP contribution in [0.5, 0.6) is 11.5 Å². The smallest absolute Gasteiger partial charge is 0.258 e. The van der Waals surface area contributed by atoms with Crippen LogP contribution in [0.3, 0.4) is 0 Å². The molecule has 3 heterocycles. The minimum absolute atomic E-state index is 0.0300. The van der Waals surface area contributed by atoms with Crippen LogP contribution in [-0.4, -0.2) is 38.2 Å². The highest BCUT2D eigenvalue weighted by Gasteiger charge is 2.37. The number of hydrogen-bond acceptors (Lipinski definition) is 3. The van der Waals surface area contributed by atoms with Gasteiger partial charge in [0.15, 0.2) is 6.61 Å². The first-order chi connectivity index (χ1) is 13.3. The zero-order valence-corrected chi connectivity index (χ0v) is 15.5. The SMILES string of the molecule is O=C(COc1ccc(OCc2ccccc2)cc1)N[C@@H]1C[NH+]2CCC1CC2. The molecule has 0 aromatic heterocycles. The van der Waals surface area contributed by atoms with E-state index in [4.69, 9.17) is 9.47 Å². The van der Waals surface area contributed by atoms with Crippen LogP contribution in [0.4, 0.5) is 0 Å². The quantitative estimate of drug-likeness (QED) is 0.779. The number of quaternary nitrogens is 1. The first-order valence-corrected chi connectivity index (χ1v) is 9.79. The summed E-state index contributed by atoms with van der Waals surface area (Å²) in [5.74, 6) is 2.08. The Morgan fingerprint density at radius 1 is 0.963 bits per heavy atom. The van der Waals surface area contributed by atoms with E-state index < -0.39 is 0 Å². The summed E-state index contributed by atoms with van der Waals surface area (Å²) in [6.45, 7) is 4.16. The second-order valence-electron chi connectivity index (χ2n) is 7.50. The van der Waals surface area contributed by atoms with Crippen molar-refractivity contribution in [2.75, 3.05) is 26.2 Å². The highest BCUT2D eigenvalue weighted by Crippen LogP contribution is 2.20. The number of ether oxygens (including phenoxy) is 2. The Morgan fingerprint density at radius 2 is 1.63 bits per heavy atom. The third kappa shape index (κ3) is 4.80. The summed E-state index contributed by atoms with van der Waals surface area (Å²) >= 11 is 0. The van der Waals surface area contributed by atoms with Crippen LogP contribution in [0, 0.1) is 5.92 Å². The Balaban J connectivity index is 1.21. The Hall–Kier alpha value is -2.53. The topological polar surface area (TPSA) is 52.0 Å². The van der Waals surface area contributed by atoms with Gasteiger partial charge in [0.1, 0.15) is 18.1 Å². The van der Waals surface area contributed by atoms with E-state index >= 15 is 0 Å². The van der Waals surface area contributed by atoms with Crippen LogP contribution in [0.25, 0.3) is 0 Å². The third-order valence-corrected chi connectivity index (χ3v) is 5.60. The molecule has 0 radical (unpaired) electrons. The zero-order chi connectivity index (χ0) is 18.5. The summed E-state index contributed by atoms with van der Waals surface area (Å²) < 4.78 is 11.4. The van der Waals surface area contributed by atoms with Gasteiger partial charge in [0, 0.05) is 12.8 Å². The Bertz CT molecular complexity index is 740. The molecule has 0 saturated carbocycles. The van der Waals surface area contributed by atoms with Gasteiger partial charge in [0.25, 0.3) is 5.91 Å². The van der Waals surface area contributed by atoms with E-state index in [-0.39, 0.29) is 12.5 Å². The van der Waals surface area contributed by atoms with Crippen molar-refractivity contribution >= 4 is 5.91 Å². The molecule has 3 saturated heterocycles. The largest absolute Gasteiger partial charge is 0.489 e. The third-order valence-electron chi connectivity index (χ3n) is 5.60. The number of fused-ring (bicyclic) bond motifs is 3. The van der Waals surface area contributed by atoms with E-state index in [9.17, 15) is 4.79 Å². The predicted molar refractivity (Wildman–Crippen MR) is 103 cm³/mol. The number of piperidine rings is 3. The number of carbonyl (C=O) groups excluding carboxylic acids is 1. The van der Waals surface area contributed by atoms with E-state index in [0.717, 1.165) is 17.9 Å². The van der Waals surface area contributed by atoms with Gasteiger partial charge in [-0.25, -0.2) is 0 Å². The Kier molecular flexibility index (Phi) is 5.58. The molecule has 3 aliphatic heterocycles. The van der Waals surface area contributed by atoms with Crippen LogP contribution in [0.1, 0.15) is 18.4 Å². The molecule has 3 aliphatic rings. The standard InChI is InChI=1S/C22H26N2O3/c25-22(23-21-14-24-12-10-18(21)11-13-24)16-27-20-8-6-19(7-9-20)26-15-17-4-2-1-3-5-17/h1-9,18,21H,10-16H2,(H,23,25)/p+1/t21-/m1/s1. The summed E-state index contributed by atoms with van der Waals surface area (Å²) in [5, 5.41) is 3.16. The molecule has 5 heteroatoms. The Labute approximate surface area is 160 Å². The molecule has 0 aliphatic carbocycles. The lowest BCUT2D eigenvalue weighted by Crippen LogP contribution is -3.17. The van der Waals surface area contributed by atoms with E-state index in [1.807, 2.05) is 54.6 Å². The molecule has 2 aromatic rings. The maximum atomic E-state index is 12.2. The molecule has 27 heavy (non-hydrogen) atoms. The van der Waals surface area contributed by atoms with Gasteiger partial charge < -0.3 is 19.7 Å². The van der Waals surface area contributed by atoms with Gasteiger partial charge in [0.05, 0.1) is 25.7 Å². The number of amides is 1. The molecular formula is C22H27N2O3+. The minimum Gasteiger partial charge on any atom is -0.489 e. The van der Waals surface area contributed by atoms with Crippen LogP contribution in [0.2, 0.25) is 0 Å². The van der Waals surface area contributed by atoms with Gasteiger partial charge in [-0.1, -0.05) is 30.3 Å². The average molecular weight is 367 g/mol. The van der Waals surface area contributed by atoms with Crippen molar-refractivity contribution in [3.63, 3.8) is 0 Å². The van der Waals surface area contributed by atoms with E-state index in [1.54, 1.807) is 4.90 Å². The molecule has 2 aromatic carbocycles. The fraction of sp³-hybridized carbons (Fsp3) is 0.409. The normalized spacial score (nSPS) is 23.6. The summed E-state index contributed by atoms with van der Waals surface area (Å²) in [6.07, 6.45) is 2.46. The number of benzene rings is 2. The molecule has 3 fully saturated rings. The molecule has 2 N–H and O–H groups in total. The van der Waals surface area contributed by atoms with E-state index in [1.165, 1.54) is 25.9 Å². The first kappa shape index (κ1) is 17.9. The summed E-state index contributed by atoms with van der Waals surface area (Å²) in [6, 6.07) is 17.8. The maximum Gasteiger partial charge on any atom is 0.258 e. The van der Waals surface area contributed by atoms with Crippen molar-refractivity contribution in [1.29, 1.82) is 0 Å². The summed E-state index contributed by atoms with van der Waals surface area (Å²) in [4.78, 5) is 13.8. The van der Waals surface area contributed by atoms with E-state index in [0.29, 0.717) is 24.3 Å². The number of nitrogens with one attached hydrogen (secondary N) is 2. The van der Waals surface area contributed by atoms with Crippen molar-refractivity contribution < 1.29 is 19.2 Å². The van der Waals surface area contributed by atoms with Crippen molar-refractivity contribution in [2.24, 2.45) is 5.92 Å². The van der Waals surface area contributed by atoms with Gasteiger partial charge in [-0.15, -0.1) is 0 Å². The van der Waals surface area contributed by atoms with Crippen LogP contribution in [-0.2, 0) is 11.4 Å². The lowest BCUT2D eigenvalue weighted by molar-refractivity contribution is -0.917. The van der Waals surface area contributed by atoms with E-state index in [2.05, 4.69) is 5.32 Å². The number of rotatable bonds is 7. The average Bonchev–Trinajstić information content (AvgIpc) is 2.73. The molecule has 5 nitrogen and oxygen atoms in total. The second kappa shape index (κ2) is 8.44. The van der Waals surface area contributed by atoms with Crippen molar-refractivity contribution in [1.82, 2.24) is 5.32 Å². The molecule has 0 spiro atoms. The number of carbonyl (C=O) groups is 1. The van der Waals surface area contributed by atoms with Crippen LogP contribution < -0.4 is 19.7 Å². The van der Waals surface area contributed by atoms with Gasteiger partial charge in [0.2, 0.25) is 0 Å². The lowest BCUT2D eigenvalue weighted by Gasteiger charge is -2.42. The fourth-order valence-corrected chi connectivity index (χ4v) is 4.07.